The lowest BCUT2D eigenvalue weighted by Gasteiger charge is -2.44. The number of carbonyl (C=O) groups excluding carboxylic acids is 8. The zero-order valence-corrected chi connectivity index (χ0v) is 34.6. The van der Waals surface area contributed by atoms with Gasteiger partial charge in [0.15, 0.2) is 24.6 Å². The summed E-state index contributed by atoms with van der Waals surface area (Å²) in [5.41, 5.74) is -0.845. The second kappa shape index (κ2) is 23.1. The lowest BCUT2D eigenvalue weighted by atomic mass is 9.98. The Bertz CT molecular complexity index is 1540. The van der Waals surface area contributed by atoms with Crippen LogP contribution in [0.2, 0.25) is 0 Å². The minimum Gasteiger partial charge on any atom is -0.463 e. The summed E-state index contributed by atoms with van der Waals surface area (Å²) in [4.78, 5) is 100. The fraction of sp³-hybridized carbons (Fsp3) is 0.622. The van der Waals surface area contributed by atoms with Crippen LogP contribution in [0.15, 0.2) is 35.2 Å². The van der Waals surface area contributed by atoms with Gasteiger partial charge in [0.2, 0.25) is 16.9 Å². The summed E-state index contributed by atoms with van der Waals surface area (Å²) in [7, 11) is 0. The first-order chi connectivity index (χ1) is 26.2. The minimum absolute atomic E-state index is 0.0259. The molecule has 1 aromatic rings. The van der Waals surface area contributed by atoms with Gasteiger partial charge >= 0.3 is 29.8 Å². The molecule has 1 aliphatic heterocycles. The molecule has 0 aliphatic carbocycles. The maximum Gasteiger partial charge on any atom is 0.318 e. The molecular formula is C37H52N2O15S2. The summed E-state index contributed by atoms with van der Waals surface area (Å²) in [6, 6.07) is 6.81. The lowest BCUT2D eigenvalue weighted by Crippen LogP contribution is -2.63. The van der Waals surface area contributed by atoms with E-state index in [0.717, 1.165) is 39.5 Å². The van der Waals surface area contributed by atoms with Gasteiger partial charge in [-0.05, 0) is 70.7 Å². The topological polar surface area (TPSA) is 225 Å². The summed E-state index contributed by atoms with van der Waals surface area (Å²) in [5, 5.41) is 4.92. The Kier molecular flexibility index (Phi) is 19.8. The SMILES string of the molecule is CC(=O)OC[C@H]1O[C@@H](OCCCSCC(NC(=O)C(C)C(=O)OC(C)(C)C)C(=O)NC(C)C(=O)Sc2ccccc2)[C@H](OC(C)=O)[C@@H](OC(C)=O)[C@H]1OC(C)=O. The summed E-state index contributed by atoms with van der Waals surface area (Å²) in [6.07, 6.45) is -6.33. The Labute approximate surface area is 334 Å². The third-order valence-electron chi connectivity index (χ3n) is 7.41. The van der Waals surface area contributed by atoms with E-state index in [1.807, 2.05) is 6.07 Å². The normalized spacial score (nSPS) is 20.9. The number of amides is 2. The maximum atomic E-state index is 13.4. The van der Waals surface area contributed by atoms with Crippen LogP contribution in [0.25, 0.3) is 0 Å². The highest BCUT2D eigenvalue weighted by molar-refractivity contribution is 8.13. The average molecular weight is 829 g/mol. The van der Waals surface area contributed by atoms with Gasteiger partial charge in [-0.3, -0.25) is 38.4 Å². The predicted molar refractivity (Wildman–Crippen MR) is 202 cm³/mol. The second-order valence-electron chi connectivity index (χ2n) is 13.6. The molecule has 1 fully saturated rings. The molecule has 2 rings (SSSR count). The number of thioether (sulfide) groups is 2. The second-order valence-corrected chi connectivity index (χ2v) is 15.9. The van der Waals surface area contributed by atoms with Gasteiger partial charge in [-0.25, -0.2) is 0 Å². The van der Waals surface area contributed by atoms with Crippen LogP contribution in [0, 0.1) is 5.92 Å². The number of esters is 5. The van der Waals surface area contributed by atoms with Crippen molar-refractivity contribution in [2.24, 2.45) is 5.92 Å². The van der Waals surface area contributed by atoms with Gasteiger partial charge in [-0.2, -0.15) is 11.8 Å². The van der Waals surface area contributed by atoms with Crippen LogP contribution in [-0.4, -0.2) is 120 Å². The van der Waals surface area contributed by atoms with Crippen molar-refractivity contribution in [2.75, 3.05) is 24.7 Å². The lowest BCUT2D eigenvalue weighted by molar-refractivity contribution is -0.308. The molecule has 1 heterocycles. The number of hydrogen-bond donors (Lipinski definition) is 2. The van der Waals surface area contributed by atoms with Crippen LogP contribution in [0.3, 0.4) is 0 Å². The Morgan fingerprint density at radius 1 is 0.786 bits per heavy atom. The van der Waals surface area contributed by atoms with Crippen molar-refractivity contribution in [2.45, 2.75) is 122 Å². The molecule has 2 N–H and O–H groups in total. The highest BCUT2D eigenvalue weighted by Gasteiger charge is 2.52. The molecule has 1 aliphatic rings. The number of benzene rings is 1. The van der Waals surface area contributed by atoms with Crippen molar-refractivity contribution in [1.29, 1.82) is 0 Å². The van der Waals surface area contributed by atoms with E-state index in [2.05, 4.69) is 10.6 Å². The zero-order chi connectivity index (χ0) is 42.2. The van der Waals surface area contributed by atoms with Crippen LogP contribution in [0.1, 0.15) is 68.7 Å². The van der Waals surface area contributed by atoms with Gasteiger partial charge in [-0.1, -0.05) is 18.2 Å². The molecule has 2 amide bonds. The molecule has 1 aromatic carbocycles. The smallest absolute Gasteiger partial charge is 0.318 e. The number of nitrogens with one attached hydrogen (secondary N) is 2. The van der Waals surface area contributed by atoms with E-state index < -0.39 is 103 Å². The molecule has 0 saturated carbocycles. The number of ether oxygens (including phenoxy) is 7. The molecule has 0 radical (unpaired) electrons. The summed E-state index contributed by atoms with van der Waals surface area (Å²) in [5.74, 6) is -6.01. The van der Waals surface area contributed by atoms with Crippen molar-refractivity contribution in [3.63, 3.8) is 0 Å². The standard InChI is InChI=1S/C37H52N2O15S2/c1-20(34(46)54-37(7,8)9)32(44)39-27(33(45)38-21(2)35(47)56-26-14-11-10-12-15-26)19-55-17-13-16-48-36-31(52-25(6)43)30(51-24(5)42)29(50-23(4)41)28(53-36)18-49-22(3)40/h10-12,14-15,20-21,27-31,36H,13,16-19H2,1-9H3,(H,38,45)(H,39,44)/t20?,21?,27?,28-,29+,30+,31-,36-/m1/s1. The van der Waals surface area contributed by atoms with Crippen molar-refractivity contribution in [3.05, 3.63) is 30.3 Å². The van der Waals surface area contributed by atoms with Gasteiger partial charge in [0, 0.05) is 38.3 Å². The van der Waals surface area contributed by atoms with E-state index in [1.54, 1.807) is 45.0 Å². The van der Waals surface area contributed by atoms with Gasteiger partial charge in [-0.15, -0.1) is 0 Å². The molecular weight excluding hydrogens is 777 g/mol. The Hall–Kier alpha value is -4.20. The van der Waals surface area contributed by atoms with Crippen LogP contribution < -0.4 is 10.6 Å². The summed E-state index contributed by atoms with van der Waals surface area (Å²) >= 11 is 2.21. The number of rotatable bonds is 19. The van der Waals surface area contributed by atoms with Crippen LogP contribution in [-0.2, 0) is 71.5 Å². The van der Waals surface area contributed by atoms with Crippen molar-refractivity contribution < 1.29 is 71.5 Å². The van der Waals surface area contributed by atoms with E-state index in [0.29, 0.717) is 17.1 Å². The summed E-state index contributed by atoms with van der Waals surface area (Å²) in [6.45, 7) is 11.9. The number of hydrogen-bond acceptors (Lipinski definition) is 17. The highest BCUT2D eigenvalue weighted by atomic mass is 32.2. The van der Waals surface area contributed by atoms with Gasteiger partial charge in [0.05, 0.1) is 12.6 Å². The highest BCUT2D eigenvalue weighted by Crippen LogP contribution is 2.30. The van der Waals surface area contributed by atoms with E-state index in [4.69, 9.17) is 33.2 Å². The summed E-state index contributed by atoms with van der Waals surface area (Å²) < 4.78 is 38.4. The zero-order valence-electron chi connectivity index (χ0n) is 33.0. The molecule has 3 unspecified atom stereocenters. The van der Waals surface area contributed by atoms with Crippen LogP contribution in [0.4, 0.5) is 0 Å². The minimum atomic E-state index is -1.39. The van der Waals surface area contributed by atoms with Gasteiger partial charge in [0.25, 0.3) is 0 Å². The van der Waals surface area contributed by atoms with E-state index in [9.17, 15) is 38.4 Å². The molecule has 19 heteroatoms. The van der Waals surface area contributed by atoms with Crippen molar-refractivity contribution >= 4 is 70.3 Å². The first-order valence-corrected chi connectivity index (χ1v) is 19.8. The monoisotopic (exact) mass is 828 g/mol. The molecule has 0 bridgehead atoms. The van der Waals surface area contributed by atoms with Gasteiger partial charge in [0.1, 0.15) is 30.3 Å². The van der Waals surface area contributed by atoms with Crippen molar-refractivity contribution in [1.82, 2.24) is 10.6 Å². The average Bonchev–Trinajstić information content (AvgIpc) is 3.09. The molecule has 1 saturated heterocycles. The Morgan fingerprint density at radius 2 is 1.38 bits per heavy atom. The Morgan fingerprint density at radius 3 is 1.95 bits per heavy atom. The third kappa shape index (κ3) is 17.3. The number of carbonyl (C=O) groups is 8. The third-order valence-corrected chi connectivity index (χ3v) is 9.62. The molecule has 312 valence electrons. The van der Waals surface area contributed by atoms with Crippen LogP contribution >= 0.6 is 23.5 Å². The van der Waals surface area contributed by atoms with E-state index >= 15 is 0 Å². The fourth-order valence-corrected chi connectivity index (χ4v) is 6.65. The molecule has 0 spiro atoms. The van der Waals surface area contributed by atoms with E-state index in [-0.39, 0.29) is 17.5 Å². The first-order valence-electron chi connectivity index (χ1n) is 17.8. The van der Waals surface area contributed by atoms with Crippen molar-refractivity contribution in [3.8, 4) is 0 Å². The maximum absolute atomic E-state index is 13.4. The quantitative estimate of drug-likeness (QED) is 0.0672. The van der Waals surface area contributed by atoms with Crippen LogP contribution in [0.5, 0.6) is 0 Å². The largest absolute Gasteiger partial charge is 0.463 e. The van der Waals surface area contributed by atoms with Gasteiger partial charge < -0.3 is 43.8 Å². The molecule has 8 atom stereocenters. The molecule has 56 heavy (non-hydrogen) atoms. The Balaban J connectivity index is 2.15. The predicted octanol–water partition coefficient (Wildman–Crippen LogP) is 2.50. The van der Waals surface area contributed by atoms with E-state index in [1.165, 1.54) is 25.6 Å². The fourth-order valence-electron chi connectivity index (χ4n) is 4.93. The molecule has 17 nitrogen and oxygen atoms in total. The first kappa shape index (κ1) is 48.0. The molecule has 0 aromatic heterocycles.